The smallest absolute Gasteiger partial charge is 0.176 e. The third-order valence-electron chi connectivity index (χ3n) is 3.62. The van der Waals surface area contributed by atoms with Crippen LogP contribution in [0.3, 0.4) is 0 Å². The second-order valence-corrected chi connectivity index (χ2v) is 5.99. The standard InChI is InChI=1S/C17H15BrN2O/c1-10-3-4-13(9-11(10)2)16-15(17(19)20-21-16)12-5-7-14(18)8-6-12/h3-9H,1-2H3,(H2,19,20). The van der Waals surface area contributed by atoms with Crippen LogP contribution in [0.25, 0.3) is 22.5 Å². The number of hydrogen-bond donors (Lipinski definition) is 1. The van der Waals surface area contributed by atoms with Crippen molar-refractivity contribution >= 4 is 21.7 Å². The molecular weight excluding hydrogens is 328 g/mol. The second kappa shape index (κ2) is 5.37. The van der Waals surface area contributed by atoms with Crippen LogP contribution in [0.5, 0.6) is 0 Å². The highest BCUT2D eigenvalue weighted by Gasteiger charge is 2.17. The van der Waals surface area contributed by atoms with Crippen LogP contribution >= 0.6 is 15.9 Å². The zero-order valence-corrected chi connectivity index (χ0v) is 13.4. The summed E-state index contributed by atoms with van der Waals surface area (Å²) in [5, 5.41) is 3.93. The zero-order chi connectivity index (χ0) is 15.0. The molecule has 1 heterocycles. The van der Waals surface area contributed by atoms with Gasteiger partial charge in [-0.25, -0.2) is 0 Å². The summed E-state index contributed by atoms with van der Waals surface area (Å²) >= 11 is 3.44. The van der Waals surface area contributed by atoms with Crippen molar-refractivity contribution in [2.45, 2.75) is 13.8 Å². The van der Waals surface area contributed by atoms with Crippen molar-refractivity contribution in [3.05, 3.63) is 58.1 Å². The molecule has 2 aromatic carbocycles. The van der Waals surface area contributed by atoms with Crippen molar-refractivity contribution in [2.24, 2.45) is 0 Å². The molecule has 0 unspecified atom stereocenters. The van der Waals surface area contributed by atoms with Gasteiger partial charge in [0, 0.05) is 10.0 Å². The molecule has 2 N–H and O–H groups in total. The van der Waals surface area contributed by atoms with E-state index in [4.69, 9.17) is 10.3 Å². The quantitative estimate of drug-likeness (QED) is 0.715. The molecule has 1 aromatic heterocycles. The van der Waals surface area contributed by atoms with Gasteiger partial charge in [0.05, 0.1) is 5.56 Å². The Hall–Kier alpha value is -2.07. The minimum Gasteiger partial charge on any atom is -0.380 e. The number of aromatic nitrogens is 1. The molecule has 106 valence electrons. The lowest BCUT2D eigenvalue weighted by Gasteiger charge is -2.05. The molecule has 3 rings (SSSR count). The fourth-order valence-electron chi connectivity index (χ4n) is 2.28. The molecule has 21 heavy (non-hydrogen) atoms. The molecular formula is C17H15BrN2O. The number of nitrogen functional groups attached to an aromatic ring is 1. The number of benzene rings is 2. The third kappa shape index (κ3) is 2.59. The first-order valence-corrected chi connectivity index (χ1v) is 7.44. The molecule has 0 radical (unpaired) electrons. The van der Waals surface area contributed by atoms with Gasteiger partial charge >= 0.3 is 0 Å². The first kappa shape index (κ1) is 13.9. The minimum atomic E-state index is 0.408. The SMILES string of the molecule is Cc1ccc(-c2onc(N)c2-c2ccc(Br)cc2)cc1C. The van der Waals surface area contributed by atoms with Crippen molar-refractivity contribution < 1.29 is 4.52 Å². The van der Waals surface area contributed by atoms with Crippen molar-refractivity contribution in [1.29, 1.82) is 0 Å². The average molecular weight is 343 g/mol. The summed E-state index contributed by atoms with van der Waals surface area (Å²) in [5.74, 6) is 1.11. The topological polar surface area (TPSA) is 52.0 Å². The van der Waals surface area contributed by atoms with Gasteiger partial charge in [-0.3, -0.25) is 0 Å². The number of nitrogens with zero attached hydrogens (tertiary/aromatic N) is 1. The fourth-order valence-corrected chi connectivity index (χ4v) is 2.54. The van der Waals surface area contributed by atoms with Gasteiger partial charge in [-0.15, -0.1) is 0 Å². The summed E-state index contributed by atoms with van der Waals surface area (Å²) in [5.41, 5.74) is 11.3. The van der Waals surface area contributed by atoms with Crippen molar-refractivity contribution in [3.8, 4) is 22.5 Å². The van der Waals surface area contributed by atoms with Crippen LogP contribution < -0.4 is 5.73 Å². The Morgan fingerprint density at radius 1 is 0.952 bits per heavy atom. The number of rotatable bonds is 2. The monoisotopic (exact) mass is 342 g/mol. The van der Waals surface area contributed by atoms with E-state index in [1.165, 1.54) is 11.1 Å². The molecule has 0 fully saturated rings. The molecule has 0 spiro atoms. The van der Waals surface area contributed by atoms with Gasteiger partial charge in [-0.1, -0.05) is 45.4 Å². The van der Waals surface area contributed by atoms with E-state index in [1.807, 2.05) is 30.3 Å². The van der Waals surface area contributed by atoms with Crippen LogP contribution in [0.15, 0.2) is 51.5 Å². The average Bonchev–Trinajstić information content (AvgIpc) is 2.85. The third-order valence-corrected chi connectivity index (χ3v) is 4.15. The van der Waals surface area contributed by atoms with Crippen LogP contribution in [0.1, 0.15) is 11.1 Å². The number of hydrogen-bond acceptors (Lipinski definition) is 3. The predicted molar refractivity (Wildman–Crippen MR) is 89.0 cm³/mol. The maximum atomic E-state index is 6.00. The van der Waals surface area contributed by atoms with Crippen molar-refractivity contribution in [3.63, 3.8) is 0 Å². The first-order chi connectivity index (χ1) is 10.1. The summed E-state index contributed by atoms with van der Waals surface area (Å²) in [4.78, 5) is 0. The van der Waals surface area contributed by atoms with E-state index in [1.54, 1.807) is 0 Å². The summed E-state index contributed by atoms with van der Waals surface area (Å²) in [6.45, 7) is 4.17. The maximum absolute atomic E-state index is 6.00. The van der Waals surface area contributed by atoms with Gasteiger partial charge in [0.1, 0.15) is 0 Å². The van der Waals surface area contributed by atoms with Gasteiger partial charge in [-0.2, -0.15) is 0 Å². The highest BCUT2D eigenvalue weighted by atomic mass is 79.9. The number of aryl methyl sites for hydroxylation is 2. The lowest BCUT2D eigenvalue weighted by Crippen LogP contribution is -1.89. The van der Waals surface area contributed by atoms with E-state index >= 15 is 0 Å². The van der Waals surface area contributed by atoms with Gasteiger partial charge in [0.2, 0.25) is 0 Å². The molecule has 0 saturated heterocycles. The largest absolute Gasteiger partial charge is 0.380 e. The van der Waals surface area contributed by atoms with Crippen LogP contribution in [-0.2, 0) is 0 Å². The van der Waals surface area contributed by atoms with Crippen LogP contribution in [0, 0.1) is 13.8 Å². The Morgan fingerprint density at radius 3 is 2.29 bits per heavy atom. The second-order valence-electron chi connectivity index (χ2n) is 5.08. The molecule has 0 aliphatic heterocycles. The van der Waals surface area contributed by atoms with Gasteiger partial charge in [0.25, 0.3) is 0 Å². The Balaban J connectivity index is 2.16. The number of nitrogens with two attached hydrogens (primary N) is 1. The van der Waals surface area contributed by atoms with E-state index in [0.29, 0.717) is 11.6 Å². The fraction of sp³-hybridized carbons (Fsp3) is 0.118. The first-order valence-electron chi connectivity index (χ1n) is 6.65. The van der Waals surface area contributed by atoms with Crippen molar-refractivity contribution in [2.75, 3.05) is 5.73 Å². The summed E-state index contributed by atoms with van der Waals surface area (Å²) in [6, 6.07) is 14.2. The van der Waals surface area contributed by atoms with E-state index in [0.717, 1.165) is 21.2 Å². The summed E-state index contributed by atoms with van der Waals surface area (Å²) < 4.78 is 6.50. The number of halogens is 1. The Bertz CT molecular complexity index is 791. The lowest BCUT2D eigenvalue weighted by molar-refractivity contribution is 0.436. The molecule has 3 nitrogen and oxygen atoms in total. The molecule has 0 bridgehead atoms. The Labute approximate surface area is 131 Å². The highest BCUT2D eigenvalue weighted by Crippen LogP contribution is 2.37. The van der Waals surface area contributed by atoms with Crippen molar-refractivity contribution in [1.82, 2.24) is 5.16 Å². The van der Waals surface area contributed by atoms with Crippen LogP contribution in [0.4, 0.5) is 5.82 Å². The lowest BCUT2D eigenvalue weighted by atomic mass is 9.99. The van der Waals surface area contributed by atoms with Crippen LogP contribution in [-0.4, -0.2) is 5.16 Å². The predicted octanol–water partition coefficient (Wildman–Crippen LogP) is 4.97. The summed E-state index contributed by atoms with van der Waals surface area (Å²) in [6.07, 6.45) is 0. The molecule has 0 atom stereocenters. The Morgan fingerprint density at radius 2 is 1.62 bits per heavy atom. The maximum Gasteiger partial charge on any atom is 0.176 e. The molecule has 0 aliphatic carbocycles. The molecule has 4 heteroatoms. The molecule has 3 aromatic rings. The minimum absolute atomic E-state index is 0.408. The Kier molecular flexibility index (Phi) is 3.55. The van der Waals surface area contributed by atoms with Crippen LogP contribution in [0.2, 0.25) is 0 Å². The van der Waals surface area contributed by atoms with E-state index in [9.17, 15) is 0 Å². The molecule has 0 amide bonds. The van der Waals surface area contributed by atoms with E-state index < -0.39 is 0 Å². The molecule has 0 saturated carbocycles. The van der Waals surface area contributed by atoms with E-state index in [2.05, 4.69) is 47.1 Å². The zero-order valence-electron chi connectivity index (χ0n) is 11.9. The summed E-state index contributed by atoms with van der Waals surface area (Å²) in [7, 11) is 0. The molecule has 0 aliphatic rings. The van der Waals surface area contributed by atoms with Gasteiger partial charge in [-0.05, 0) is 48.7 Å². The van der Waals surface area contributed by atoms with Gasteiger partial charge in [0.15, 0.2) is 11.6 Å². The van der Waals surface area contributed by atoms with E-state index in [-0.39, 0.29) is 0 Å². The highest BCUT2D eigenvalue weighted by molar-refractivity contribution is 9.10. The normalized spacial score (nSPS) is 10.8. The number of anilines is 1. The van der Waals surface area contributed by atoms with Gasteiger partial charge < -0.3 is 10.3 Å².